The van der Waals surface area contributed by atoms with Gasteiger partial charge >= 0.3 is 0 Å². The van der Waals surface area contributed by atoms with Crippen LogP contribution in [0, 0.1) is 0 Å². The van der Waals surface area contributed by atoms with Gasteiger partial charge < -0.3 is 4.74 Å². The molecule has 3 aromatic rings. The summed E-state index contributed by atoms with van der Waals surface area (Å²) >= 11 is 13.5. The summed E-state index contributed by atoms with van der Waals surface area (Å²) in [6.07, 6.45) is 3.90. The highest BCUT2D eigenvalue weighted by Gasteiger charge is 2.06. The Balaban J connectivity index is 1.77. The van der Waals surface area contributed by atoms with Crippen LogP contribution in [-0.4, -0.2) is 9.38 Å². The second kappa shape index (κ2) is 4.80. The van der Waals surface area contributed by atoms with Gasteiger partial charge in [0.2, 0.25) is 0 Å². The molecule has 0 fully saturated rings. The van der Waals surface area contributed by atoms with E-state index < -0.39 is 0 Å². The van der Waals surface area contributed by atoms with Crippen molar-refractivity contribution >= 4 is 39.5 Å². The molecule has 0 spiro atoms. The van der Waals surface area contributed by atoms with Crippen molar-refractivity contribution < 1.29 is 4.74 Å². The standard InChI is InChI=1S/C12H8Cl2N2OS/c13-8-1-2-10(14)11(5-8)17-7-9-6-16-3-4-18-12(16)15-9/h1-6H,7H2. The Bertz CT molecular complexity index is 664. The van der Waals surface area contributed by atoms with Crippen LogP contribution in [0.4, 0.5) is 0 Å². The highest BCUT2D eigenvalue weighted by atomic mass is 35.5. The number of hydrogen-bond acceptors (Lipinski definition) is 3. The lowest BCUT2D eigenvalue weighted by Gasteiger charge is -2.06. The number of halogens is 2. The molecule has 3 rings (SSSR count). The van der Waals surface area contributed by atoms with Crippen molar-refractivity contribution in [1.29, 1.82) is 0 Å². The van der Waals surface area contributed by atoms with Crippen LogP contribution in [-0.2, 0) is 6.61 Å². The second-order valence-electron chi connectivity index (χ2n) is 3.69. The van der Waals surface area contributed by atoms with Gasteiger partial charge in [0.15, 0.2) is 4.96 Å². The Morgan fingerprint density at radius 3 is 3.06 bits per heavy atom. The molecule has 0 unspecified atom stereocenters. The van der Waals surface area contributed by atoms with Crippen molar-refractivity contribution in [3.63, 3.8) is 0 Å². The Hall–Kier alpha value is -1.23. The molecule has 0 atom stereocenters. The largest absolute Gasteiger partial charge is 0.486 e. The summed E-state index contributed by atoms with van der Waals surface area (Å²) in [5, 5.41) is 3.13. The fourth-order valence-electron chi connectivity index (χ4n) is 1.59. The van der Waals surface area contributed by atoms with Crippen molar-refractivity contribution in [3.05, 3.63) is 51.7 Å². The molecule has 0 aliphatic rings. The van der Waals surface area contributed by atoms with Gasteiger partial charge in [0, 0.05) is 28.9 Å². The Kier molecular flexibility index (Phi) is 3.16. The molecule has 2 aromatic heterocycles. The lowest BCUT2D eigenvalue weighted by atomic mass is 10.3. The fraction of sp³-hybridized carbons (Fsp3) is 0.0833. The summed E-state index contributed by atoms with van der Waals surface area (Å²) in [7, 11) is 0. The molecule has 0 radical (unpaired) electrons. The number of fused-ring (bicyclic) bond motifs is 1. The van der Waals surface area contributed by atoms with Gasteiger partial charge in [-0.15, -0.1) is 11.3 Å². The minimum atomic E-state index is 0.370. The maximum atomic E-state index is 6.01. The third-order valence-corrected chi connectivity index (χ3v) is 3.73. The summed E-state index contributed by atoms with van der Waals surface area (Å²) in [6.45, 7) is 0.370. The number of imidazole rings is 1. The first-order valence-corrected chi connectivity index (χ1v) is 6.85. The summed E-state index contributed by atoms with van der Waals surface area (Å²) < 4.78 is 7.58. The molecule has 92 valence electrons. The molecule has 0 saturated heterocycles. The first kappa shape index (κ1) is 11.8. The van der Waals surface area contributed by atoms with Crippen LogP contribution in [0.15, 0.2) is 36.0 Å². The molecule has 0 bridgehead atoms. The van der Waals surface area contributed by atoms with E-state index in [9.17, 15) is 0 Å². The highest BCUT2D eigenvalue weighted by molar-refractivity contribution is 7.15. The van der Waals surface area contributed by atoms with Gasteiger partial charge in [-0.05, 0) is 12.1 Å². The monoisotopic (exact) mass is 298 g/mol. The Morgan fingerprint density at radius 1 is 1.33 bits per heavy atom. The van der Waals surface area contributed by atoms with Crippen LogP contribution in [0.25, 0.3) is 4.96 Å². The van der Waals surface area contributed by atoms with Gasteiger partial charge in [-0.1, -0.05) is 23.2 Å². The molecule has 6 heteroatoms. The second-order valence-corrected chi connectivity index (χ2v) is 5.41. The van der Waals surface area contributed by atoms with Crippen LogP contribution in [0.5, 0.6) is 5.75 Å². The summed E-state index contributed by atoms with van der Waals surface area (Å²) in [5.74, 6) is 0.570. The molecule has 0 aliphatic heterocycles. The quantitative estimate of drug-likeness (QED) is 0.721. The smallest absolute Gasteiger partial charge is 0.193 e. The van der Waals surface area contributed by atoms with E-state index in [1.54, 1.807) is 29.5 Å². The Labute approximate surface area is 118 Å². The zero-order chi connectivity index (χ0) is 12.5. The number of nitrogens with zero attached hydrogens (tertiary/aromatic N) is 2. The molecule has 3 nitrogen and oxygen atoms in total. The Morgan fingerprint density at radius 2 is 2.22 bits per heavy atom. The molecule has 1 aromatic carbocycles. The van der Waals surface area contributed by atoms with E-state index >= 15 is 0 Å². The van der Waals surface area contributed by atoms with Gasteiger partial charge in [0.1, 0.15) is 12.4 Å². The van der Waals surface area contributed by atoms with Crippen molar-refractivity contribution in [2.75, 3.05) is 0 Å². The third kappa shape index (κ3) is 2.32. The highest BCUT2D eigenvalue weighted by Crippen LogP contribution is 2.28. The predicted octanol–water partition coefficient (Wildman–Crippen LogP) is 4.28. The maximum Gasteiger partial charge on any atom is 0.193 e. The number of benzene rings is 1. The van der Waals surface area contributed by atoms with E-state index in [4.69, 9.17) is 27.9 Å². The van der Waals surface area contributed by atoms with Crippen LogP contribution in [0.2, 0.25) is 10.0 Å². The minimum absolute atomic E-state index is 0.370. The SMILES string of the molecule is Clc1ccc(Cl)c(OCc2cn3ccsc3n2)c1. The number of thiazole rings is 1. The third-order valence-electron chi connectivity index (χ3n) is 2.41. The van der Waals surface area contributed by atoms with E-state index in [1.807, 2.05) is 22.2 Å². The predicted molar refractivity (Wildman–Crippen MR) is 73.9 cm³/mol. The molecular weight excluding hydrogens is 291 g/mol. The van der Waals surface area contributed by atoms with Crippen molar-refractivity contribution in [3.8, 4) is 5.75 Å². The molecule has 18 heavy (non-hydrogen) atoms. The molecule has 2 heterocycles. The molecule has 0 saturated carbocycles. The topological polar surface area (TPSA) is 26.5 Å². The molecule has 0 amide bonds. The minimum Gasteiger partial charge on any atom is -0.486 e. The lowest BCUT2D eigenvalue weighted by molar-refractivity contribution is 0.302. The summed E-state index contributed by atoms with van der Waals surface area (Å²) in [4.78, 5) is 5.37. The van der Waals surface area contributed by atoms with Gasteiger partial charge in [-0.3, -0.25) is 4.40 Å². The van der Waals surface area contributed by atoms with Crippen LogP contribution >= 0.6 is 34.5 Å². The maximum absolute atomic E-state index is 6.01. The number of ether oxygens (including phenoxy) is 1. The van der Waals surface area contributed by atoms with Crippen LogP contribution in [0.3, 0.4) is 0 Å². The van der Waals surface area contributed by atoms with Gasteiger partial charge in [0.05, 0.1) is 10.7 Å². The lowest BCUT2D eigenvalue weighted by Crippen LogP contribution is -1.96. The van der Waals surface area contributed by atoms with Crippen LogP contribution < -0.4 is 4.74 Å². The van der Waals surface area contributed by atoms with E-state index in [0.717, 1.165) is 10.7 Å². The average molecular weight is 299 g/mol. The van der Waals surface area contributed by atoms with Crippen LogP contribution in [0.1, 0.15) is 5.69 Å². The van der Waals surface area contributed by atoms with Gasteiger partial charge in [-0.2, -0.15) is 0 Å². The average Bonchev–Trinajstić information content (AvgIpc) is 2.90. The summed E-state index contributed by atoms with van der Waals surface area (Å²) in [6, 6.07) is 5.14. The van der Waals surface area contributed by atoms with Crippen molar-refractivity contribution in [2.45, 2.75) is 6.61 Å². The summed E-state index contributed by atoms with van der Waals surface area (Å²) in [5.41, 5.74) is 0.859. The fourth-order valence-corrected chi connectivity index (χ4v) is 2.64. The zero-order valence-electron chi connectivity index (χ0n) is 9.14. The number of rotatable bonds is 3. The van der Waals surface area contributed by atoms with E-state index in [-0.39, 0.29) is 0 Å². The molecule has 0 aliphatic carbocycles. The first-order chi connectivity index (χ1) is 8.72. The van der Waals surface area contributed by atoms with Crippen molar-refractivity contribution in [2.24, 2.45) is 0 Å². The molecule has 0 N–H and O–H groups in total. The first-order valence-electron chi connectivity index (χ1n) is 5.21. The number of aromatic nitrogens is 2. The van der Waals surface area contributed by atoms with E-state index in [2.05, 4.69) is 4.98 Å². The van der Waals surface area contributed by atoms with Crippen molar-refractivity contribution in [1.82, 2.24) is 9.38 Å². The molecular formula is C12H8Cl2N2OS. The van der Waals surface area contributed by atoms with Gasteiger partial charge in [0.25, 0.3) is 0 Å². The zero-order valence-corrected chi connectivity index (χ0v) is 11.5. The van der Waals surface area contributed by atoms with E-state index in [0.29, 0.717) is 22.4 Å². The van der Waals surface area contributed by atoms with Gasteiger partial charge in [-0.25, -0.2) is 4.98 Å². The normalized spacial score (nSPS) is 11.0. The van der Waals surface area contributed by atoms with E-state index in [1.165, 1.54) is 0 Å². The number of hydrogen-bond donors (Lipinski definition) is 0.